The number of carbonyl (C=O) groups excluding carboxylic acids is 1. The zero-order valence-electron chi connectivity index (χ0n) is 14.1. The van der Waals surface area contributed by atoms with E-state index in [0.29, 0.717) is 11.4 Å². The summed E-state index contributed by atoms with van der Waals surface area (Å²) in [6, 6.07) is 8.37. The highest BCUT2D eigenvalue weighted by molar-refractivity contribution is 5.93. The third-order valence-electron chi connectivity index (χ3n) is 3.20. The van der Waals surface area contributed by atoms with E-state index in [1.807, 2.05) is 32.0 Å². The fourth-order valence-corrected chi connectivity index (χ4v) is 2.22. The monoisotopic (exact) mass is 332 g/mol. The average Bonchev–Trinajstić information content (AvgIpc) is 2.89. The molecule has 0 radical (unpaired) electrons. The Morgan fingerprint density at radius 1 is 1.29 bits per heavy atom. The molecule has 2 rings (SSSR count). The normalized spacial score (nSPS) is 11.6. The van der Waals surface area contributed by atoms with Gasteiger partial charge in [-0.25, -0.2) is 9.59 Å². The number of hydrogen-bond donors (Lipinski definition) is 0. The van der Waals surface area contributed by atoms with Crippen molar-refractivity contribution >= 4 is 17.4 Å². The van der Waals surface area contributed by atoms with Crippen LogP contribution in [-0.2, 0) is 11.4 Å². The Kier molecular flexibility index (Phi) is 5.46. The van der Waals surface area contributed by atoms with E-state index in [4.69, 9.17) is 0 Å². The standard InChI is InChI=1S/C15H20N6O3/c1-11(2)20(13-8-6-5-7-9-13)15(23)21-14(22)19(17-18-21)10-12(3)16-24-4/h5-9,11H,10H2,1-4H3. The van der Waals surface area contributed by atoms with E-state index in [-0.39, 0.29) is 12.6 Å². The molecule has 1 heterocycles. The van der Waals surface area contributed by atoms with Crippen LogP contribution in [0.3, 0.4) is 0 Å². The van der Waals surface area contributed by atoms with Crippen molar-refractivity contribution < 1.29 is 9.63 Å². The van der Waals surface area contributed by atoms with E-state index < -0.39 is 11.7 Å². The number of nitrogens with zero attached hydrogens (tertiary/aromatic N) is 6. The van der Waals surface area contributed by atoms with Crippen LogP contribution in [0.5, 0.6) is 0 Å². The highest BCUT2D eigenvalue weighted by Gasteiger charge is 2.24. The minimum absolute atomic E-state index is 0.0902. The third-order valence-corrected chi connectivity index (χ3v) is 3.20. The number of oxime groups is 1. The van der Waals surface area contributed by atoms with Gasteiger partial charge in [0.1, 0.15) is 7.11 Å². The molecule has 0 atom stereocenters. The maximum atomic E-state index is 12.8. The van der Waals surface area contributed by atoms with Gasteiger partial charge in [-0.1, -0.05) is 23.4 Å². The van der Waals surface area contributed by atoms with Gasteiger partial charge >= 0.3 is 11.7 Å². The Hall–Kier alpha value is -2.97. The van der Waals surface area contributed by atoms with Crippen molar-refractivity contribution in [3.05, 3.63) is 40.8 Å². The van der Waals surface area contributed by atoms with Gasteiger partial charge in [0.05, 0.1) is 12.3 Å². The van der Waals surface area contributed by atoms with E-state index in [0.717, 1.165) is 9.36 Å². The highest BCUT2D eigenvalue weighted by Crippen LogP contribution is 2.17. The molecular weight excluding hydrogens is 312 g/mol. The topological polar surface area (TPSA) is 94.6 Å². The zero-order valence-corrected chi connectivity index (χ0v) is 14.1. The molecule has 1 amide bonds. The maximum Gasteiger partial charge on any atom is 0.372 e. The van der Waals surface area contributed by atoms with Crippen LogP contribution in [-0.4, -0.2) is 44.7 Å². The SMILES string of the molecule is CON=C(C)Cn1nnn(C(=O)N(c2ccccc2)C(C)C)c1=O. The van der Waals surface area contributed by atoms with Crippen LogP contribution in [0.2, 0.25) is 0 Å². The lowest BCUT2D eigenvalue weighted by Gasteiger charge is -2.25. The van der Waals surface area contributed by atoms with Crippen molar-refractivity contribution in [1.82, 2.24) is 19.8 Å². The second-order valence-corrected chi connectivity index (χ2v) is 5.42. The molecule has 128 valence electrons. The Morgan fingerprint density at radius 3 is 2.54 bits per heavy atom. The van der Waals surface area contributed by atoms with Gasteiger partial charge in [-0.2, -0.15) is 4.68 Å². The minimum atomic E-state index is -0.632. The lowest BCUT2D eigenvalue weighted by Crippen LogP contribution is -2.44. The van der Waals surface area contributed by atoms with E-state index in [9.17, 15) is 9.59 Å². The predicted molar refractivity (Wildman–Crippen MR) is 89.3 cm³/mol. The summed E-state index contributed by atoms with van der Waals surface area (Å²) in [5.41, 5.74) is 0.575. The zero-order chi connectivity index (χ0) is 17.7. The van der Waals surface area contributed by atoms with E-state index >= 15 is 0 Å². The van der Waals surface area contributed by atoms with Gasteiger partial charge in [0, 0.05) is 11.7 Å². The summed E-state index contributed by atoms with van der Waals surface area (Å²) in [6.45, 7) is 5.49. The van der Waals surface area contributed by atoms with Gasteiger partial charge < -0.3 is 4.84 Å². The lowest BCUT2D eigenvalue weighted by molar-refractivity contribution is 0.212. The first kappa shape index (κ1) is 17.4. The quantitative estimate of drug-likeness (QED) is 0.468. The van der Waals surface area contributed by atoms with Crippen LogP contribution in [0.1, 0.15) is 20.8 Å². The molecule has 0 aliphatic heterocycles. The molecule has 0 spiro atoms. The smallest absolute Gasteiger partial charge is 0.372 e. The molecule has 1 aromatic carbocycles. The molecule has 0 aliphatic carbocycles. The van der Waals surface area contributed by atoms with Crippen molar-refractivity contribution in [2.24, 2.45) is 5.16 Å². The molecular formula is C15H20N6O3. The summed E-state index contributed by atoms with van der Waals surface area (Å²) in [5.74, 6) is 0. The van der Waals surface area contributed by atoms with Gasteiger partial charge in [0.15, 0.2) is 0 Å². The fraction of sp³-hybridized carbons (Fsp3) is 0.400. The van der Waals surface area contributed by atoms with Crippen molar-refractivity contribution in [3.8, 4) is 0 Å². The van der Waals surface area contributed by atoms with Crippen LogP contribution in [0.25, 0.3) is 0 Å². The largest absolute Gasteiger partial charge is 0.399 e. The number of hydrogen-bond acceptors (Lipinski definition) is 6. The van der Waals surface area contributed by atoms with Crippen LogP contribution >= 0.6 is 0 Å². The number of carbonyl (C=O) groups is 1. The Labute approximate surface area is 139 Å². The summed E-state index contributed by atoms with van der Waals surface area (Å²) in [6.07, 6.45) is 0. The molecule has 24 heavy (non-hydrogen) atoms. The molecule has 0 N–H and O–H groups in total. The van der Waals surface area contributed by atoms with Gasteiger partial charge in [0.2, 0.25) is 0 Å². The summed E-state index contributed by atoms with van der Waals surface area (Å²) in [7, 11) is 1.41. The van der Waals surface area contributed by atoms with Crippen molar-refractivity contribution in [2.75, 3.05) is 12.0 Å². The summed E-state index contributed by atoms with van der Waals surface area (Å²) in [4.78, 5) is 31.2. The number of para-hydroxylation sites is 1. The first-order valence-electron chi connectivity index (χ1n) is 7.43. The number of rotatable bonds is 5. The third kappa shape index (κ3) is 3.67. The molecule has 0 saturated heterocycles. The Balaban J connectivity index is 2.34. The van der Waals surface area contributed by atoms with Crippen LogP contribution in [0, 0.1) is 0 Å². The Morgan fingerprint density at radius 2 is 1.96 bits per heavy atom. The summed E-state index contributed by atoms with van der Waals surface area (Å²) < 4.78 is 1.80. The fourth-order valence-electron chi connectivity index (χ4n) is 2.22. The van der Waals surface area contributed by atoms with Crippen molar-refractivity contribution in [1.29, 1.82) is 0 Å². The van der Waals surface area contributed by atoms with Gasteiger partial charge in [-0.3, -0.25) is 4.90 Å². The molecule has 0 saturated carbocycles. The summed E-state index contributed by atoms with van der Waals surface area (Å²) >= 11 is 0. The summed E-state index contributed by atoms with van der Waals surface area (Å²) in [5, 5.41) is 11.1. The molecule has 1 aromatic heterocycles. The predicted octanol–water partition coefficient (Wildman–Crippen LogP) is 1.35. The number of anilines is 1. The van der Waals surface area contributed by atoms with Crippen molar-refractivity contribution in [3.63, 3.8) is 0 Å². The van der Waals surface area contributed by atoms with Gasteiger partial charge in [0.25, 0.3) is 0 Å². The maximum absolute atomic E-state index is 12.8. The van der Waals surface area contributed by atoms with Crippen molar-refractivity contribution in [2.45, 2.75) is 33.4 Å². The van der Waals surface area contributed by atoms with E-state index in [1.165, 1.54) is 12.0 Å². The van der Waals surface area contributed by atoms with Crippen LogP contribution in [0.4, 0.5) is 10.5 Å². The van der Waals surface area contributed by atoms with Crippen LogP contribution < -0.4 is 10.6 Å². The van der Waals surface area contributed by atoms with Crippen LogP contribution in [0.15, 0.2) is 40.3 Å². The van der Waals surface area contributed by atoms with E-state index in [2.05, 4.69) is 20.4 Å². The van der Waals surface area contributed by atoms with Gasteiger partial charge in [-0.05, 0) is 43.3 Å². The number of benzene rings is 1. The molecule has 9 heteroatoms. The first-order chi connectivity index (χ1) is 11.5. The van der Waals surface area contributed by atoms with E-state index in [1.54, 1.807) is 19.1 Å². The molecule has 0 unspecified atom stereocenters. The minimum Gasteiger partial charge on any atom is -0.399 e. The molecule has 0 fully saturated rings. The number of aromatic nitrogens is 4. The molecule has 9 nitrogen and oxygen atoms in total. The second kappa shape index (κ2) is 7.53. The molecule has 2 aromatic rings. The molecule has 0 aliphatic rings. The first-order valence-corrected chi connectivity index (χ1v) is 7.43. The molecule has 0 bridgehead atoms. The lowest BCUT2D eigenvalue weighted by atomic mass is 10.2. The second-order valence-electron chi connectivity index (χ2n) is 5.42. The number of tetrazole rings is 1. The Bertz CT molecular complexity index is 778. The highest BCUT2D eigenvalue weighted by atomic mass is 16.6. The average molecular weight is 332 g/mol. The number of amides is 1. The van der Waals surface area contributed by atoms with Gasteiger partial charge in [-0.15, -0.1) is 4.68 Å².